The molecule has 1 aromatic heterocycles. The molecule has 0 aliphatic heterocycles. The van der Waals surface area contributed by atoms with Crippen LogP contribution >= 0.6 is 0 Å². The maximum Gasteiger partial charge on any atom is 0.0547 e. The molecule has 0 atom stereocenters. The van der Waals surface area contributed by atoms with Gasteiger partial charge in [0.1, 0.15) is 0 Å². The molecule has 32 heavy (non-hydrogen) atoms. The highest BCUT2D eigenvalue weighted by Gasteiger charge is 2.15. The number of aromatic nitrogens is 1. The minimum atomic E-state index is 1.08. The van der Waals surface area contributed by atoms with Crippen LogP contribution in [0.25, 0.3) is 38.6 Å². The summed E-state index contributed by atoms with van der Waals surface area (Å²) in [5.41, 5.74) is 8.26. The van der Waals surface area contributed by atoms with Crippen molar-refractivity contribution in [2.75, 3.05) is 5.32 Å². The minimum absolute atomic E-state index is 1.08. The number of anilines is 2. The first-order valence-corrected chi connectivity index (χ1v) is 10.9. The Bertz CT molecular complexity index is 1510. The molecule has 0 radical (unpaired) electrons. The average molecular weight is 411 g/mol. The van der Waals surface area contributed by atoms with E-state index < -0.39 is 0 Å². The topological polar surface area (TPSA) is 17.0 Å². The first kappa shape index (κ1) is 18.5. The smallest absolute Gasteiger partial charge is 0.0547 e. The molecule has 2 heteroatoms. The summed E-state index contributed by atoms with van der Waals surface area (Å²) in [5, 5.41) is 6.03. The lowest BCUT2D eigenvalue weighted by Gasteiger charge is -2.10. The van der Waals surface area contributed by atoms with Crippen molar-refractivity contribution < 1.29 is 0 Å². The standard InChI is InChI=1S/C30H22N2/c1-3-10-23(11-4-1)31-24-20-18-22(19-21-24)26-15-9-17-29-30(26)27-14-7-8-16-28(27)32(29)25-12-5-2-6-13-25/h1-21,31H. The molecule has 0 fully saturated rings. The van der Waals surface area contributed by atoms with E-state index in [1.807, 2.05) is 18.2 Å². The summed E-state index contributed by atoms with van der Waals surface area (Å²) in [7, 11) is 0. The Kier molecular flexibility index (Phi) is 4.47. The summed E-state index contributed by atoms with van der Waals surface area (Å²) in [6.07, 6.45) is 0. The number of benzene rings is 5. The van der Waals surface area contributed by atoms with Crippen LogP contribution in [0.4, 0.5) is 11.4 Å². The van der Waals surface area contributed by atoms with Crippen molar-refractivity contribution in [3.8, 4) is 16.8 Å². The Morgan fingerprint density at radius 1 is 0.469 bits per heavy atom. The molecule has 0 unspecified atom stereocenters. The molecule has 152 valence electrons. The predicted molar refractivity (Wildman–Crippen MR) is 136 cm³/mol. The molecule has 0 aliphatic carbocycles. The first-order chi connectivity index (χ1) is 15.9. The van der Waals surface area contributed by atoms with Crippen LogP contribution in [0, 0.1) is 0 Å². The molecule has 2 nitrogen and oxygen atoms in total. The van der Waals surface area contributed by atoms with Gasteiger partial charge < -0.3 is 9.88 Å². The molecule has 1 N–H and O–H groups in total. The van der Waals surface area contributed by atoms with Gasteiger partial charge in [-0.2, -0.15) is 0 Å². The normalized spacial score (nSPS) is 11.1. The Morgan fingerprint density at radius 2 is 1.09 bits per heavy atom. The van der Waals surface area contributed by atoms with Crippen molar-refractivity contribution >= 4 is 33.2 Å². The highest BCUT2D eigenvalue weighted by Crippen LogP contribution is 2.38. The maximum absolute atomic E-state index is 3.47. The Balaban J connectivity index is 1.51. The molecule has 1 heterocycles. The molecule has 6 aromatic rings. The van der Waals surface area contributed by atoms with Crippen LogP contribution < -0.4 is 5.32 Å². The van der Waals surface area contributed by atoms with Crippen LogP contribution in [0.3, 0.4) is 0 Å². The summed E-state index contributed by atoms with van der Waals surface area (Å²) < 4.78 is 2.36. The zero-order valence-corrected chi connectivity index (χ0v) is 17.6. The first-order valence-electron chi connectivity index (χ1n) is 10.9. The molecule has 0 saturated carbocycles. The monoisotopic (exact) mass is 410 g/mol. The molecular formula is C30H22N2. The minimum Gasteiger partial charge on any atom is -0.356 e. The van der Waals surface area contributed by atoms with Crippen LogP contribution in [0.1, 0.15) is 0 Å². The second kappa shape index (κ2) is 7.75. The summed E-state index contributed by atoms with van der Waals surface area (Å²) in [4.78, 5) is 0. The van der Waals surface area contributed by atoms with Crippen molar-refractivity contribution in [3.05, 3.63) is 127 Å². The van der Waals surface area contributed by atoms with Gasteiger partial charge in [-0.15, -0.1) is 0 Å². The number of para-hydroxylation sites is 3. The third-order valence-corrected chi connectivity index (χ3v) is 5.97. The highest BCUT2D eigenvalue weighted by molar-refractivity contribution is 6.15. The second-order valence-corrected chi connectivity index (χ2v) is 7.96. The number of rotatable bonds is 4. The molecule has 6 rings (SSSR count). The van der Waals surface area contributed by atoms with E-state index >= 15 is 0 Å². The van der Waals surface area contributed by atoms with Crippen molar-refractivity contribution in [3.63, 3.8) is 0 Å². The summed E-state index contributed by atoms with van der Waals surface area (Å²) in [5.74, 6) is 0. The van der Waals surface area contributed by atoms with E-state index in [1.54, 1.807) is 0 Å². The molecule has 0 aliphatic rings. The molecule has 0 saturated heterocycles. The fourth-order valence-corrected chi connectivity index (χ4v) is 4.54. The van der Waals surface area contributed by atoms with Crippen molar-refractivity contribution in [1.82, 2.24) is 4.57 Å². The summed E-state index contributed by atoms with van der Waals surface area (Å²) >= 11 is 0. The van der Waals surface area contributed by atoms with Crippen LogP contribution in [-0.2, 0) is 0 Å². The Morgan fingerprint density at radius 3 is 1.88 bits per heavy atom. The van der Waals surface area contributed by atoms with Gasteiger partial charge in [-0.1, -0.05) is 78.9 Å². The van der Waals surface area contributed by atoms with Crippen LogP contribution in [0.5, 0.6) is 0 Å². The molecule has 0 amide bonds. The van der Waals surface area contributed by atoms with Gasteiger partial charge in [0.05, 0.1) is 11.0 Å². The number of hydrogen-bond acceptors (Lipinski definition) is 1. The SMILES string of the molecule is c1ccc(Nc2ccc(-c3cccc4c3c3ccccc3n4-c3ccccc3)cc2)cc1. The predicted octanol–water partition coefficient (Wildman–Crippen LogP) is 8.19. The summed E-state index contributed by atoms with van der Waals surface area (Å²) in [6, 6.07) is 44.8. The zero-order chi connectivity index (χ0) is 21.3. The molecule has 0 spiro atoms. The van der Waals surface area contributed by atoms with E-state index in [1.165, 1.54) is 38.6 Å². The van der Waals surface area contributed by atoms with Gasteiger partial charge in [0.15, 0.2) is 0 Å². The third kappa shape index (κ3) is 3.14. The lowest BCUT2D eigenvalue weighted by atomic mass is 9.99. The Hall–Kier alpha value is -4.30. The van der Waals surface area contributed by atoms with Crippen molar-refractivity contribution in [1.29, 1.82) is 0 Å². The van der Waals surface area contributed by atoms with Gasteiger partial charge in [0.2, 0.25) is 0 Å². The lowest BCUT2D eigenvalue weighted by molar-refractivity contribution is 1.18. The molecule has 5 aromatic carbocycles. The van der Waals surface area contributed by atoms with E-state index in [9.17, 15) is 0 Å². The molecule has 0 bridgehead atoms. The van der Waals surface area contributed by atoms with Gasteiger partial charge in [-0.05, 0) is 59.7 Å². The van der Waals surface area contributed by atoms with Gasteiger partial charge in [-0.25, -0.2) is 0 Å². The van der Waals surface area contributed by atoms with E-state index in [2.05, 4.69) is 119 Å². The third-order valence-electron chi connectivity index (χ3n) is 5.97. The van der Waals surface area contributed by atoms with Crippen LogP contribution in [0.2, 0.25) is 0 Å². The Labute approximate surface area is 187 Å². The van der Waals surface area contributed by atoms with E-state index in [0.29, 0.717) is 0 Å². The van der Waals surface area contributed by atoms with Gasteiger partial charge >= 0.3 is 0 Å². The number of nitrogens with zero attached hydrogens (tertiary/aromatic N) is 1. The molecular weight excluding hydrogens is 388 g/mol. The lowest BCUT2D eigenvalue weighted by Crippen LogP contribution is -1.93. The van der Waals surface area contributed by atoms with Crippen molar-refractivity contribution in [2.24, 2.45) is 0 Å². The largest absolute Gasteiger partial charge is 0.356 e. The number of fused-ring (bicyclic) bond motifs is 3. The average Bonchev–Trinajstić information content (AvgIpc) is 3.20. The van der Waals surface area contributed by atoms with Gasteiger partial charge in [0, 0.05) is 27.8 Å². The quantitative estimate of drug-likeness (QED) is 0.310. The number of hydrogen-bond donors (Lipinski definition) is 1. The van der Waals surface area contributed by atoms with Gasteiger partial charge in [0.25, 0.3) is 0 Å². The van der Waals surface area contributed by atoms with Crippen LogP contribution in [0.15, 0.2) is 127 Å². The second-order valence-electron chi connectivity index (χ2n) is 7.96. The van der Waals surface area contributed by atoms with Crippen molar-refractivity contribution in [2.45, 2.75) is 0 Å². The van der Waals surface area contributed by atoms with E-state index in [-0.39, 0.29) is 0 Å². The maximum atomic E-state index is 3.47. The zero-order valence-electron chi connectivity index (χ0n) is 17.6. The van der Waals surface area contributed by atoms with Gasteiger partial charge in [-0.3, -0.25) is 0 Å². The fraction of sp³-hybridized carbons (Fsp3) is 0. The fourth-order valence-electron chi connectivity index (χ4n) is 4.54. The van der Waals surface area contributed by atoms with E-state index in [0.717, 1.165) is 11.4 Å². The highest BCUT2D eigenvalue weighted by atomic mass is 15.0. The van der Waals surface area contributed by atoms with E-state index in [4.69, 9.17) is 0 Å². The summed E-state index contributed by atoms with van der Waals surface area (Å²) in [6.45, 7) is 0. The van der Waals surface area contributed by atoms with Crippen LogP contribution in [-0.4, -0.2) is 4.57 Å². The number of nitrogens with one attached hydrogen (secondary N) is 1.